The van der Waals surface area contributed by atoms with Gasteiger partial charge in [0, 0.05) is 6.07 Å². The highest BCUT2D eigenvalue weighted by Gasteiger charge is 2.55. The smallest absolute Gasteiger partial charge is 0.423 e. The minimum Gasteiger partial charge on any atom is -0.497 e. The molecule has 0 saturated carbocycles. The lowest BCUT2D eigenvalue weighted by Crippen LogP contribution is -2.51. The molecule has 0 bridgehead atoms. The molecule has 0 radical (unpaired) electrons. The summed E-state index contributed by atoms with van der Waals surface area (Å²) in [4.78, 5) is 12.3. The van der Waals surface area contributed by atoms with Gasteiger partial charge in [-0.1, -0.05) is 30.3 Å². The summed E-state index contributed by atoms with van der Waals surface area (Å²) in [6.07, 6.45) is -4.98. The molecular formula is C18H18F3NO4. The molecule has 2 aromatic rings. The quantitative estimate of drug-likeness (QED) is 0.822. The van der Waals surface area contributed by atoms with Gasteiger partial charge in [0.2, 0.25) is 5.60 Å². The maximum absolute atomic E-state index is 13.4. The molecule has 0 aliphatic carbocycles. The van der Waals surface area contributed by atoms with Crippen molar-refractivity contribution in [2.75, 3.05) is 20.8 Å². The maximum Gasteiger partial charge on any atom is 0.423 e. The predicted octanol–water partition coefficient (Wildman–Crippen LogP) is 2.88. The number of carbonyl (C=O) groups is 1. The number of amides is 1. The zero-order valence-corrected chi connectivity index (χ0v) is 14.1. The van der Waals surface area contributed by atoms with Gasteiger partial charge in [-0.25, -0.2) is 0 Å². The molecule has 0 aliphatic heterocycles. The minimum atomic E-state index is -4.98. The SMILES string of the molecule is COc1ccc(C(=O)NCC(O)(c2ccccc2)C(F)(F)F)c(OC)c1. The molecule has 2 N–H and O–H groups in total. The Labute approximate surface area is 148 Å². The number of carbonyl (C=O) groups excluding carboxylic acids is 1. The van der Waals surface area contributed by atoms with E-state index < -0.39 is 24.2 Å². The first-order chi connectivity index (χ1) is 12.2. The van der Waals surface area contributed by atoms with Crippen LogP contribution in [0.4, 0.5) is 13.2 Å². The second kappa shape index (κ2) is 7.65. The molecule has 1 amide bonds. The molecule has 5 nitrogen and oxygen atoms in total. The number of ether oxygens (including phenoxy) is 2. The fraction of sp³-hybridized carbons (Fsp3) is 0.278. The number of methoxy groups -OCH3 is 2. The largest absolute Gasteiger partial charge is 0.497 e. The Morgan fingerprint density at radius 2 is 1.73 bits per heavy atom. The molecule has 8 heteroatoms. The van der Waals surface area contributed by atoms with Crippen molar-refractivity contribution in [3.05, 3.63) is 59.7 Å². The van der Waals surface area contributed by atoms with Crippen LogP contribution in [0.2, 0.25) is 0 Å². The van der Waals surface area contributed by atoms with Gasteiger partial charge in [-0.3, -0.25) is 4.79 Å². The van der Waals surface area contributed by atoms with E-state index in [0.717, 1.165) is 12.1 Å². The lowest BCUT2D eigenvalue weighted by atomic mass is 9.93. The van der Waals surface area contributed by atoms with Crippen LogP contribution in [0.1, 0.15) is 15.9 Å². The van der Waals surface area contributed by atoms with Gasteiger partial charge in [0.05, 0.1) is 26.3 Å². The summed E-state index contributed by atoms with van der Waals surface area (Å²) in [5.41, 5.74) is -3.57. The number of aliphatic hydroxyl groups is 1. The van der Waals surface area contributed by atoms with Crippen molar-refractivity contribution in [1.82, 2.24) is 5.32 Å². The Hall–Kier alpha value is -2.74. The van der Waals surface area contributed by atoms with Crippen LogP contribution in [0.3, 0.4) is 0 Å². The van der Waals surface area contributed by atoms with Gasteiger partial charge < -0.3 is 19.9 Å². The molecule has 0 aromatic heterocycles. The molecule has 2 rings (SSSR count). The van der Waals surface area contributed by atoms with Gasteiger partial charge in [0.15, 0.2) is 0 Å². The molecule has 0 aliphatic rings. The number of halogens is 3. The Balaban J connectivity index is 2.26. The van der Waals surface area contributed by atoms with E-state index >= 15 is 0 Å². The molecule has 140 valence electrons. The Morgan fingerprint density at radius 1 is 1.08 bits per heavy atom. The highest BCUT2D eigenvalue weighted by Crippen LogP contribution is 2.38. The lowest BCUT2D eigenvalue weighted by Gasteiger charge is -2.31. The van der Waals surface area contributed by atoms with Crippen LogP contribution in [-0.4, -0.2) is 38.0 Å². The lowest BCUT2D eigenvalue weighted by molar-refractivity contribution is -0.263. The molecule has 1 atom stereocenters. The maximum atomic E-state index is 13.4. The van der Waals surface area contributed by atoms with Crippen molar-refractivity contribution in [1.29, 1.82) is 0 Å². The highest BCUT2D eigenvalue weighted by atomic mass is 19.4. The van der Waals surface area contributed by atoms with E-state index in [1.54, 1.807) is 0 Å². The van der Waals surface area contributed by atoms with Crippen molar-refractivity contribution >= 4 is 5.91 Å². The van der Waals surface area contributed by atoms with Crippen molar-refractivity contribution < 1.29 is 32.5 Å². The number of rotatable bonds is 6. The highest BCUT2D eigenvalue weighted by molar-refractivity contribution is 5.97. The summed E-state index contributed by atoms with van der Waals surface area (Å²) < 4.78 is 50.4. The van der Waals surface area contributed by atoms with Gasteiger partial charge in [0.25, 0.3) is 5.91 Å². The summed E-state index contributed by atoms with van der Waals surface area (Å²) in [7, 11) is 2.75. The third-order valence-electron chi connectivity index (χ3n) is 3.88. The van der Waals surface area contributed by atoms with E-state index in [1.807, 2.05) is 0 Å². The van der Waals surface area contributed by atoms with E-state index in [4.69, 9.17) is 9.47 Å². The van der Waals surface area contributed by atoms with Gasteiger partial charge in [-0.15, -0.1) is 0 Å². The number of hydrogen-bond acceptors (Lipinski definition) is 4. The van der Waals surface area contributed by atoms with Crippen LogP contribution < -0.4 is 14.8 Å². The summed E-state index contributed by atoms with van der Waals surface area (Å²) in [5.74, 6) is -0.255. The summed E-state index contributed by atoms with van der Waals surface area (Å²) >= 11 is 0. The van der Waals surface area contributed by atoms with E-state index in [2.05, 4.69) is 5.32 Å². The molecule has 0 spiro atoms. The van der Waals surface area contributed by atoms with Crippen LogP contribution in [-0.2, 0) is 5.60 Å². The summed E-state index contributed by atoms with van der Waals surface area (Å²) in [6, 6.07) is 10.8. The first kappa shape index (κ1) is 19.6. The van der Waals surface area contributed by atoms with Crippen molar-refractivity contribution in [3.8, 4) is 11.5 Å². The number of hydrogen-bond donors (Lipinski definition) is 2. The van der Waals surface area contributed by atoms with Gasteiger partial charge >= 0.3 is 6.18 Å². The Morgan fingerprint density at radius 3 is 2.27 bits per heavy atom. The van der Waals surface area contributed by atoms with Crippen molar-refractivity contribution in [2.45, 2.75) is 11.8 Å². The van der Waals surface area contributed by atoms with E-state index in [9.17, 15) is 23.1 Å². The van der Waals surface area contributed by atoms with E-state index in [-0.39, 0.29) is 16.9 Å². The number of benzene rings is 2. The zero-order valence-electron chi connectivity index (χ0n) is 14.1. The van der Waals surface area contributed by atoms with Gasteiger partial charge in [-0.05, 0) is 17.7 Å². The molecular weight excluding hydrogens is 351 g/mol. The average Bonchev–Trinajstić information content (AvgIpc) is 2.64. The molecule has 2 aromatic carbocycles. The second-order valence-electron chi connectivity index (χ2n) is 5.47. The molecule has 0 heterocycles. The Bertz CT molecular complexity index is 765. The third-order valence-corrected chi connectivity index (χ3v) is 3.88. The summed E-state index contributed by atoms with van der Waals surface area (Å²) in [6.45, 7) is -1.05. The van der Waals surface area contributed by atoms with Crippen LogP contribution in [0, 0.1) is 0 Å². The van der Waals surface area contributed by atoms with Crippen LogP contribution in [0.15, 0.2) is 48.5 Å². The fourth-order valence-corrected chi connectivity index (χ4v) is 2.37. The van der Waals surface area contributed by atoms with Gasteiger partial charge in [-0.2, -0.15) is 13.2 Å². The number of nitrogens with one attached hydrogen (secondary N) is 1. The van der Waals surface area contributed by atoms with Crippen LogP contribution in [0.5, 0.6) is 11.5 Å². The van der Waals surface area contributed by atoms with E-state index in [0.29, 0.717) is 5.75 Å². The molecule has 0 fully saturated rings. The fourth-order valence-electron chi connectivity index (χ4n) is 2.37. The molecule has 26 heavy (non-hydrogen) atoms. The first-order valence-electron chi connectivity index (χ1n) is 7.58. The third kappa shape index (κ3) is 3.91. The standard InChI is InChI=1S/C18H18F3NO4/c1-25-13-8-9-14(15(10-13)26-2)16(23)22-11-17(24,18(19,20)21)12-6-4-3-5-7-12/h3-10,24H,11H2,1-2H3,(H,22,23). The van der Waals surface area contributed by atoms with Crippen LogP contribution in [0.25, 0.3) is 0 Å². The van der Waals surface area contributed by atoms with Crippen LogP contribution >= 0.6 is 0 Å². The van der Waals surface area contributed by atoms with Crippen molar-refractivity contribution in [2.24, 2.45) is 0 Å². The normalized spacial score (nSPS) is 13.6. The first-order valence-corrected chi connectivity index (χ1v) is 7.58. The monoisotopic (exact) mass is 369 g/mol. The second-order valence-corrected chi connectivity index (χ2v) is 5.47. The minimum absolute atomic E-state index is 0.0193. The number of alkyl halides is 3. The topological polar surface area (TPSA) is 67.8 Å². The average molecular weight is 369 g/mol. The summed E-state index contributed by atoms with van der Waals surface area (Å²) in [5, 5.41) is 12.4. The van der Waals surface area contributed by atoms with Gasteiger partial charge in [0.1, 0.15) is 11.5 Å². The van der Waals surface area contributed by atoms with E-state index in [1.165, 1.54) is 50.6 Å². The predicted molar refractivity (Wildman–Crippen MR) is 88.3 cm³/mol. The zero-order chi connectivity index (χ0) is 19.4. The Kier molecular flexibility index (Phi) is 5.76. The molecule has 1 unspecified atom stereocenters. The van der Waals surface area contributed by atoms with Crippen molar-refractivity contribution in [3.63, 3.8) is 0 Å². The molecule has 0 saturated heterocycles.